The minimum Gasteiger partial charge on any atom is -0.480 e. The van der Waals surface area contributed by atoms with Crippen LogP contribution in [-0.4, -0.2) is 61.2 Å². The Bertz CT molecular complexity index is 174. The van der Waals surface area contributed by atoms with Crippen LogP contribution in [0.2, 0.25) is 0 Å². The zero-order chi connectivity index (χ0) is 10.3. The number of carbonyl (C=O) groups is 1. The Morgan fingerprint density at radius 3 is 2.36 bits per heavy atom. The van der Waals surface area contributed by atoms with E-state index in [1.54, 1.807) is 6.08 Å². The second-order valence-corrected chi connectivity index (χ2v) is 3.22. The Balaban J connectivity index is 0. The molecule has 0 heterocycles. The van der Waals surface area contributed by atoms with Gasteiger partial charge < -0.3 is 10.0 Å². The summed E-state index contributed by atoms with van der Waals surface area (Å²) in [6.07, 6.45) is 1.72. The second kappa shape index (κ2) is 8.99. The summed E-state index contributed by atoms with van der Waals surface area (Å²) in [7, 11) is 3.93. The van der Waals surface area contributed by atoms with E-state index in [1.807, 2.05) is 23.9 Å². The maximum atomic E-state index is 10.4. The molecule has 0 fully saturated rings. The molecule has 0 saturated carbocycles. The van der Waals surface area contributed by atoms with Crippen LogP contribution in [-0.2, 0) is 4.79 Å². The van der Waals surface area contributed by atoms with Crippen LogP contribution in [0.25, 0.3) is 0 Å². The van der Waals surface area contributed by atoms with Crippen LogP contribution in [0.3, 0.4) is 0 Å². The van der Waals surface area contributed by atoms with E-state index in [4.69, 9.17) is 5.11 Å². The molecular formula is C9H19ClN2O2. The van der Waals surface area contributed by atoms with E-state index >= 15 is 0 Å². The maximum Gasteiger partial charge on any atom is 0.317 e. The fraction of sp³-hybridized carbons (Fsp3) is 0.667. The summed E-state index contributed by atoms with van der Waals surface area (Å²) in [4.78, 5) is 14.3. The fourth-order valence-corrected chi connectivity index (χ4v) is 0.950. The van der Waals surface area contributed by atoms with Crippen molar-refractivity contribution >= 4 is 18.4 Å². The molecule has 5 heteroatoms. The van der Waals surface area contributed by atoms with Crippen molar-refractivity contribution in [1.29, 1.82) is 0 Å². The van der Waals surface area contributed by atoms with Crippen molar-refractivity contribution in [2.45, 2.75) is 0 Å². The average molecular weight is 223 g/mol. The summed E-state index contributed by atoms with van der Waals surface area (Å²) in [6.45, 7) is 5.91. The number of hydrogen-bond acceptors (Lipinski definition) is 3. The molecule has 0 bridgehead atoms. The highest BCUT2D eigenvalue weighted by Gasteiger charge is 2.07. The number of rotatable bonds is 7. The SMILES string of the molecule is C=CCN(CCN(C)C)CC(=O)O.Cl. The number of aliphatic carboxylic acids is 1. The van der Waals surface area contributed by atoms with Gasteiger partial charge in [0.25, 0.3) is 0 Å². The standard InChI is InChI=1S/C9H18N2O2.ClH/c1-4-5-11(8-9(12)13)7-6-10(2)3;/h4H,1,5-8H2,2-3H3,(H,12,13);1H. The zero-order valence-electron chi connectivity index (χ0n) is 8.77. The first-order valence-corrected chi connectivity index (χ1v) is 4.26. The molecule has 0 aliphatic rings. The van der Waals surface area contributed by atoms with E-state index in [2.05, 4.69) is 6.58 Å². The number of carboxylic acid groups (broad SMARTS) is 1. The molecule has 0 unspecified atom stereocenters. The quantitative estimate of drug-likeness (QED) is 0.639. The van der Waals surface area contributed by atoms with Gasteiger partial charge in [0.05, 0.1) is 6.54 Å². The minimum atomic E-state index is -0.791. The molecule has 0 aromatic rings. The fourth-order valence-electron chi connectivity index (χ4n) is 0.950. The van der Waals surface area contributed by atoms with Gasteiger partial charge in [0.2, 0.25) is 0 Å². The number of likely N-dealkylation sites (N-methyl/N-ethyl adjacent to an activating group) is 1. The van der Waals surface area contributed by atoms with E-state index in [-0.39, 0.29) is 19.0 Å². The molecule has 0 spiro atoms. The van der Waals surface area contributed by atoms with Gasteiger partial charge in [-0.25, -0.2) is 0 Å². The lowest BCUT2D eigenvalue weighted by atomic mass is 10.4. The molecule has 4 nitrogen and oxygen atoms in total. The lowest BCUT2D eigenvalue weighted by Gasteiger charge is -2.20. The van der Waals surface area contributed by atoms with Gasteiger partial charge in [-0.05, 0) is 14.1 Å². The minimum absolute atomic E-state index is 0. The number of hydrogen-bond donors (Lipinski definition) is 1. The van der Waals surface area contributed by atoms with E-state index in [9.17, 15) is 4.79 Å². The highest BCUT2D eigenvalue weighted by Crippen LogP contribution is 1.89. The van der Waals surface area contributed by atoms with E-state index < -0.39 is 5.97 Å². The molecule has 0 amide bonds. The van der Waals surface area contributed by atoms with Crippen molar-refractivity contribution in [3.8, 4) is 0 Å². The van der Waals surface area contributed by atoms with Gasteiger partial charge >= 0.3 is 5.97 Å². The smallest absolute Gasteiger partial charge is 0.317 e. The van der Waals surface area contributed by atoms with Crippen molar-refractivity contribution in [3.05, 3.63) is 12.7 Å². The van der Waals surface area contributed by atoms with Crippen LogP contribution < -0.4 is 0 Å². The lowest BCUT2D eigenvalue weighted by Crippen LogP contribution is -2.35. The molecule has 0 aliphatic heterocycles. The molecule has 1 N–H and O–H groups in total. The van der Waals surface area contributed by atoms with Crippen LogP contribution in [0.1, 0.15) is 0 Å². The Morgan fingerprint density at radius 2 is 2.00 bits per heavy atom. The average Bonchev–Trinajstić information content (AvgIpc) is 1.99. The number of nitrogens with zero attached hydrogens (tertiary/aromatic N) is 2. The summed E-state index contributed by atoms with van der Waals surface area (Å²) >= 11 is 0. The molecule has 0 aliphatic carbocycles. The Hall–Kier alpha value is -0.580. The first-order chi connectivity index (χ1) is 6.06. The first-order valence-electron chi connectivity index (χ1n) is 4.26. The van der Waals surface area contributed by atoms with E-state index in [1.165, 1.54) is 0 Å². The lowest BCUT2D eigenvalue weighted by molar-refractivity contribution is -0.138. The van der Waals surface area contributed by atoms with E-state index in [0.29, 0.717) is 6.54 Å². The Kier molecular flexibility index (Phi) is 10.2. The summed E-state index contributed by atoms with van der Waals surface area (Å²) in [5.74, 6) is -0.791. The summed E-state index contributed by atoms with van der Waals surface area (Å²) < 4.78 is 0. The number of carboxylic acids is 1. The summed E-state index contributed by atoms with van der Waals surface area (Å²) in [5, 5.41) is 8.59. The third-order valence-corrected chi connectivity index (χ3v) is 1.61. The molecule has 0 radical (unpaired) electrons. The Morgan fingerprint density at radius 1 is 1.43 bits per heavy atom. The molecule has 0 saturated heterocycles. The van der Waals surface area contributed by atoms with Crippen LogP contribution in [0.15, 0.2) is 12.7 Å². The Labute approximate surface area is 91.6 Å². The summed E-state index contributed by atoms with van der Waals surface area (Å²) in [6, 6.07) is 0. The predicted molar refractivity (Wildman–Crippen MR) is 60.1 cm³/mol. The number of halogens is 1. The maximum absolute atomic E-state index is 10.4. The molecule has 84 valence electrons. The van der Waals surface area contributed by atoms with Gasteiger partial charge in [0, 0.05) is 19.6 Å². The second-order valence-electron chi connectivity index (χ2n) is 3.22. The van der Waals surface area contributed by atoms with E-state index in [0.717, 1.165) is 13.1 Å². The third-order valence-electron chi connectivity index (χ3n) is 1.61. The molecular weight excluding hydrogens is 204 g/mol. The highest BCUT2D eigenvalue weighted by molar-refractivity contribution is 5.85. The van der Waals surface area contributed by atoms with Crippen molar-refractivity contribution in [2.75, 3.05) is 40.3 Å². The molecule has 0 rings (SSSR count). The zero-order valence-corrected chi connectivity index (χ0v) is 9.59. The van der Waals surface area contributed by atoms with Gasteiger partial charge in [0.15, 0.2) is 0 Å². The topological polar surface area (TPSA) is 43.8 Å². The third kappa shape index (κ3) is 9.51. The van der Waals surface area contributed by atoms with Gasteiger partial charge in [-0.3, -0.25) is 9.69 Å². The van der Waals surface area contributed by atoms with Crippen LogP contribution in [0, 0.1) is 0 Å². The van der Waals surface area contributed by atoms with Crippen molar-refractivity contribution in [1.82, 2.24) is 9.80 Å². The van der Waals surface area contributed by atoms with Crippen molar-refractivity contribution in [3.63, 3.8) is 0 Å². The van der Waals surface area contributed by atoms with Gasteiger partial charge in [0.1, 0.15) is 0 Å². The van der Waals surface area contributed by atoms with Crippen molar-refractivity contribution < 1.29 is 9.90 Å². The monoisotopic (exact) mass is 222 g/mol. The van der Waals surface area contributed by atoms with Crippen LogP contribution in [0.4, 0.5) is 0 Å². The largest absolute Gasteiger partial charge is 0.480 e. The van der Waals surface area contributed by atoms with Crippen LogP contribution >= 0.6 is 12.4 Å². The highest BCUT2D eigenvalue weighted by atomic mass is 35.5. The van der Waals surface area contributed by atoms with Crippen LogP contribution in [0.5, 0.6) is 0 Å². The molecule has 0 atom stereocenters. The molecule has 14 heavy (non-hydrogen) atoms. The van der Waals surface area contributed by atoms with Crippen molar-refractivity contribution in [2.24, 2.45) is 0 Å². The predicted octanol–water partition coefficient (Wildman–Crippen LogP) is 0.542. The molecule has 0 aromatic heterocycles. The first kappa shape index (κ1) is 15.9. The van der Waals surface area contributed by atoms with Gasteiger partial charge in [-0.15, -0.1) is 19.0 Å². The normalized spacial score (nSPS) is 10.0. The van der Waals surface area contributed by atoms with Gasteiger partial charge in [-0.2, -0.15) is 0 Å². The molecule has 0 aromatic carbocycles. The van der Waals surface area contributed by atoms with Gasteiger partial charge in [-0.1, -0.05) is 6.08 Å². The summed E-state index contributed by atoms with van der Waals surface area (Å²) in [5.41, 5.74) is 0.